The van der Waals surface area contributed by atoms with Gasteiger partial charge in [0.15, 0.2) is 10.6 Å². The maximum absolute atomic E-state index is 5.41. The van der Waals surface area contributed by atoms with Gasteiger partial charge in [0.05, 0.1) is 0 Å². The molecule has 3 rings (SSSR count). The van der Waals surface area contributed by atoms with Crippen LogP contribution in [0.25, 0.3) is 11.4 Å². The maximum atomic E-state index is 5.41. The quantitative estimate of drug-likeness (QED) is 0.723. The van der Waals surface area contributed by atoms with Crippen LogP contribution in [0.15, 0.2) is 60.7 Å². The van der Waals surface area contributed by atoms with E-state index in [9.17, 15) is 0 Å². The Bertz CT molecular complexity index is 759. The van der Waals surface area contributed by atoms with E-state index in [0.717, 1.165) is 17.8 Å². The van der Waals surface area contributed by atoms with Gasteiger partial charge in [0.1, 0.15) is 0 Å². The summed E-state index contributed by atoms with van der Waals surface area (Å²) in [4.78, 5) is 0. The molecule has 0 spiro atoms. The molecule has 2 aromatic carbocycles. The monoisotopic (exact) mass is 295 g/mol. The Morgan fingerprint density at radius 1 is 1.05 bits per heavy atom. The second-order valence-electron chi connectivity index (χ2n) is 5.13. The Morgan fingerprint density at radius 2 is 1.67 bits per heavy atom. The van der Waals surface area contributed by atoms with Crippen molar-refractivity contribution in [1.29, 1.82) is 0 Å². The van der Waals surface area contributed by atoms with Crippen LogP contribution in [0.5, 0.6) is 0 Å². The van der Waals surface area contributed by atoms with Crippen molar-refractivity contribution in [2.45, 2.75) is 19.4 Å². The Morgan fingerprint density at radius 3 is 2.33 bits per heavy atom. The Hall–Kier alpha value is -2.20. The van der Waals surface area contributed by atoms with Crippen LogP contribution in [0.4, 0.5) is 0 Å². The van der Waals surface area contributed by atoms with Crippen molar-refractivity contribution >= 4 is 12.2 Å². The summed E-state index contributed by atoms with van der Waals surface area (Å²) < 4.78 is 2.76. The number of hydrogen-bond acceptors (Lipinski definition) is 2. The van der Waals surface area contributed by atoms with Gasteiger partial charge in [-0.25, -0.2) is 0 Å². The Balaban J connectivity index is 1.95. The SMILES string of the molecule is CC(Cc1ccccc1)n1c(-c2ccccc2)n[nH]c1=S. The number of rotatable bonds is 4. The van der Waals surface area contributed by atoms with E-state index in [4.69, 9.17) is 12.2 Å². The number of benzene rings is 2. The summed E-state index contributed by atoms with van der Waals surface area (Å²) in [6, 6.07) is 20.8. The van der Waals surface area contributed by atoms with E-state index in [1.165, 1.54) is 5.56 Å². The molecule has 0 bridgehead atoms. The number of H-pyrrole nitrogens is 1. The van der Waals surface area contributed by atoms with Crippen molar-refractivity contribution in [3.8, 4) is 11.4 Å². The molecule has 0 aliphatic carbocycles. The van der Waals surface area contributed by atoms with E-state index in [-0.39, 0.29) is 6.04 Å². The van der Waals surface area contributed by atoms with Gasteiger partial charge < -0.3 is 0 Å². The molecule has 1 N–H and O–H groups in total. The van der Waals surface area contributed by atoms with E-state index in [1.54, 1.807) is 0 Å². The van der Waals surface area contributed by atoms with Gasteiger partial charge in [0.2, 0.25) is 0 Å². The molecule has 0 amide bonds. The van der Waals surface area contributed by atoms with Crippen LogP contribution in [-0.2, 0) is 6.42 Å². The fourth-order valence-electron chi connectivity index (χ4n) is 2.55. The molecule has 1 heterocycles. The van der Waals surface area contributed by atoms with Crippen LogP contribution in [0.2, 0.25) is 0 Å². The first-order valence-electron chi connectivity index (χ1n) is 7.02. The lowest BCUT2D eigenvalue weighted by molar-refractivity contribution is 0.542. The number of aromatic nitrogens is 3. The summed E-state index contributed by atoms with van der Waals surface area (Å²) in [5.41, 5.74) is 2.37. The summed E-state index contributed by atoms with van der Waals surface area (Å²) in [5, 5.41) is 7.31. The molecule has 0 fully saturated rings. The third kappa shape index (κ3) is 2.95. The fraction of sp³-hybridized carbons (Fsp3) is 0.176. The molecule has 0 saturated carbocycles. The van der Waals surface area contributed by atoms with Crippen molar-refractivity contribution < 1.29 is 0 Å². The molecule has 21 heavy (non-hydrogen) atoms. The zero-order valence-electron chi connectivity index (χ0n) is 11.9. The zero-order valence-corrected chi connectivity index (χ0v) is 12.7. The summed E-state index contributed by atoms with van der Waals surface area (Å²) in [7, 11) is 0. The minimum atomic E-state index is 0.244. The lowest BCUT2D eigenvalue weighted by Crippen LogP contribution is -2.10. The van der Waals surface area contributed by atoms with E-state index in [1.807, 2.05) is 24.3 Å². The van der Waals surface area contributed by atoms with Gasteiger partial charge in [0.25, 0.3) is 0 Å². The third-order valence-corrected chi connectivity index (χ3v) is 3.84. The van der Waals surface area contributed by atoms with Crippen molar-refractivity contribution in [1.82, 2.24) is 14.8 Å². The normalized spacial score (nSPS) is 12.2. The Kier molecular flexibility index (Phi) is 3.97. The summed E-state index contributed by atoms with van der Waals surface area (Å²) in [5.74, 6) is 0.893. The predicted molar refractivity (Wildman–Crippen MR) is 87.7 cm³/mol. The molecule has 1 aromatic heterocycles. The topological polar surface area (TPSA) is 33.6 Å². The first-order valence-corrected chi connectivity index (χ1v) is 7.43. The Labute approximate surface area is 129 Å². The van der Waals surface area contributed by atoms with Gasteiger partial charge in [-0.3, -0.25) is 9.67 Å². The van der Waals surface area contributed by atoms with E-state index in [0.29, 0.717) is 4.77 Å². The highest BCUT2D eigenvalue weighted by molar-refractivity contribution is 7.71. The van der Waals surface area contributed by atoms with Crippen LogP contribution in [-0.4, -0.2) is 14.8 Å². The molecule has 0 saturated heterocycles. The number of hydrogen-bond donors (Lipinski definition) is 1. The van der Waals surface area contributed by atoms with Crippen LogP contribution >= 0.6 is 12.2 Å². The van der Waals surface area contributed by atoms with Crippen LogP contribution in [0.1, 0.15) is 18.5 Å². The first-order chi connectivity index (χ1) is 10.3. The second kappa shape index (κ2) is 6.06. The van der Waals surface area contributed by atoms with Gasteiger partial charge in [-0.2, -0.15) is 5.10 Å². The predicted octanol–water partition coefficient (Wildman–Crippen LogP) is 4.41. The summed E-state index contributed by atoms with van der Waals surface area (Å²) in [6.45, 7) is 2.17. The van der Waals surface area contributed by atoms with E-state index < -0.39 is 0 Å². The number of aromatic amines is 1. The molecule has 1 atom stereocenters. The summed E-state index contributed by atoms with van der Waals surface area (Å²) in [6.07, 6.45) is 0.925. The minimum absolute atomic E-state index is 0.244. The average molecular weight is 295 g/mol. The zero-order chi connectivity index (χ0) is 14.7. The third-order valence-electron chi connectivity index (χ3n) is 3.55. The van der Waals surface area contributed by atoms with E-state index >= 15 is 0 Å². The highest BCUT2D eigenvalue weighted by Crippen LogP contribution is 2.23. The molecule has 106 valence electrons. The van der Waals surface area contributed by atoms with Gasteiger partial charge in [-0.15, -0.1) is 0 Å². The first kappa shape index (κ1) is 13.8. The maximum Gasteiger partial charge on any atom is 0.195 e. The van der Waals surface area contributed by atoms with Crippen molar-refractivity contribution in [2.75, 3.05) is 0 Å². The second-order valence-corrected chi connectivity index (χ2v) is 5.51. The minimum Gasteiger partial charge on any atom is -0.297 e. The van der Waals surface area contributed by atoms with Gasteiger partial charge in [-0.1, -0.05) is 60.7 Å². The van der Waals surface area contributed by atoms with Crippen LogP contribution in [0.3, 0.4) is 0 Å². The van der Waals surface area contributed by atoms with Crippen molar-refractivity contribution in [3.63, 3.8) is 0 Å². The van der Waals surface area contributed by atoms with Gasteiger partial charge in [0, 0.05) is 11.6 Å². The molecule has 0 radical (unpaired) electrons. The van der Waals surface area contributed by atoms with Crippen LogP contribution < -0.4 is 0 Å². The molecule has 4 heteroatoms. The van der Waals surface area contributed by atoms with E-state index in [2.05, 4.69) is 58.1 Å². The molecule has 1 unspecified atom stereocenters. The van der Waals surface area contributed by atoms with Crippen LogP contribution in [0, 0.1) is 4.77 Å². The lowest BCUT2D eigenvalue weighted by Gasteiger charge is -2.15. The summed E-state index contributed by atoms with van der Waals surface area (Å²) >= 11 is 5.41. The standard InChI is InChI=1S/C17H17N3S/c1-13(12-14-8-4-2-5-9-14)20-16(18-19-17(20)21)15-10-6-3-7-11-15/h2-11,13H,12H2,1H3,(H,19,21). The molecule has 0 aliphatic rings. The highest BCUT2D eigenvalue weighted by atomic mass is 32.1. The van der Waals surface area contributed by atoms with Gasteiger partial charge >= 0.3 is 0 Å². The number of nitrogens with zero attached hydrogens (tertiary/aromatic N) is 2. The van der Waals surface area contributed by atoms with Crippen molar-refractivity contribution in [2.24, 2.45) is 0 Å². The fourth-order valence-corrected chi connectivity index (χ4v) is 2.86. The number of nitrogens with one attached hydrogen (secondary N) is 1. The molecule has 3 nitrogen and oxygen atoms in total. The van der Waals surface area contributed by atoms with Gasteiger partial charge in [-0.05, 0) is 31.1 Å². The van der Waals surface area contributed by atoms with Crippen molar-refractivity contribution in [3.05, 3.63) is 71.0 Å². The lowest BCUT2D eigenvalue weighted by atomic mass is 10.1. The molecule has 3 aromatic rings. The molecule has 0 aliphatic heterocycles. The molecular weight excluding hydrogens is 278 g/mol. The molecular formula is C17H17N3S. The smallest absolute Gasteiger partial charge is 0.195 e. The largest absolute Gasteiger partial charge is 0.297 e. The highest BCUT2D eigenvalue weighted by Gasteiger charge is 2.14. The average Bonchev–Trinajstić information content (AvgIpc) is 2.91.